The van der Waals surface area contributed by atoms with Crippen molar-refractivity contribution in [3.05, 3.63) is 0 Å². The molecule has 0 aliphatic carbocycles. The number of hydrogen-bond acceptors (Lipinski definition) is 4. The average molecular weight is 257 g/mol. The van der Waals surface area contributed by atoms with Gasteiger partial charge in [0.05, 0.1) is 11.6 Å². The fourth-order valence-electron chi connectivity index (χ4n) is 2.86. The average Bonchev–Trinajstić information content (AvgIpc) is 2.38. The largest absolute Gasteiger partial charge is 0.375 e. The van der Waals surface area contributed by atoms with Crippen LogP contribution < -0.4 is 5.32 Å². The molecule has 1 N–H and O–H groups in total. The minimum Gasteiger partial charge on any atom is -0.375 e. The van der Waals surface area contributed by atoms with Gasteiger partial charge in [-0.2, -0.15) is 11.8 Å². The molecule has 2 aliphatic heterocycles. The first-order valence-corrected chi connectivity index (χ1v) is 7.75. The molecule has 0 radical (unpaired) electrons. The van der Waals surface area contributed by atoms with Gasteiger partial charge in [-0.15, -0.1) is 0 Å². The number of ether oxygens (including phenoxy) is 1. The monoisotopic (exact) mass is 257 g/mol. The Morgan fingerprint density at radius 3 is 2.82 bits per heavy atom. The summed E-state index contributed by atoms with van der Waals surface area (Å²) in [4.78, 5) is 12.2. The maximum Gasteiger partial charge on any atom is 0.152 e. The summed E-state index contributed by atoms with van der Waals surface area (Å²) in [6.07, 6.45) is 4.09. The third-order valence-electron chi connectivity index (χ3n) is 4.16. The normalized spacial score (nSPS) is 30.1. The summed E-state index contributed by atoms with van der Waals surface area (Å²) in [6.45, 7) is 2.72. The molecule has 0 aromatic heterocycles. The van der Waals surface area contributed by atoms with Crippen molar-refractivity contribution in [3.63, 3.8) is 0 Å². The zero-order chi connectivity index (χ0) is 12.3. The molecular weight excluding hydrogens is 234 g/mol. The van der Waals surface area contributed by atoms with Gasteiger partial charge in [0.15, 0.2) is 5.78 Å². The molecule has 0 amide bonds. The molecule has 0 saturated carbocycles. The van der Waals surface area contributed by atoms with Crippen molar-refractivity contribution in [2.24, 2.45) is 5.92 Å². The SMILES string of the molecule is CNC(C)C(=O)C1CCOC2(CCSCC2)C1. The molecule has 3 nitrogen and oxygen atoms in total. The number of rotatable bonds is 3. The van der Waals surface area contributed by atoms with Gasteiger partial charge in [-0.3, -0.25) is 4.79 Å². The van der Waals surface area contributed by atoms with Crippen LogP contribution in [-0.4, -0.2) is 42.6 Å². The maximum atomic E-state index is 12.2. The number of carbonyl (C=O) groups excluding carboxylic acids is 1. The van der Waals surface area contributed by atoms with E-state index in [0.717, 1.165) is 32.3 Å². The molecule has 0 bridgehead atoms. The molecule has 2 atom stereocenters. The second kappa shape index (κ2) is 5.72. The Bertz CT molecular complexity index is 271. The van der Waals surface area contributed by atoms with Crippen LogP contribution in [-0.2, 0) is 9.53 Å². The van der Waals surface area contributed by atoms with Gasteiger partial charge in [-0.1, -0.05) is 0 Å². The smallest absolute Gasteiger partial charge is 0.152 e. The van der Waals surface area contributed by atoms with E-state index < -0.39 is 0 Å². The molecule has 2 aliphatic rings. The summed E-state index contributed by atoms with van der Waals surface area (Å²) in [5.41, 5.74) is 0.0251. The molecule has 4 heteroatoms. The Balaban J connectivity index is 1.98. The number of hydrogen-bond donors (Lipinski definition) is 1. The molecule has 2 fully saturated rings. The first-order valence-electron chi connectivity index (χ1n) is 6.59. The lowest BCUT2D eigenvalue weighted by atomic mass is 9.79. The Kier molecular flexibility index (Phi) is 4.50. The second-order valence-corrected chi connectivity index (χ2v) is 6.47. The predicted octanol–water partition coefficient (Wildman–Crippen LogP) is 1.86. The lowest BCUT2D eigenvalue weighted by Gasteiger charge is -2.43. The minimum atomic E-state index is -0.0203. The molecular formula is C13H23NO2S. The highest BCUT2D eigenvalue weighted by Gasteiger charge is 2.41. The summed E-state index contributed by atoms with van der Waals surface area (Å²) in [6, 6.07) is -0.0203. The first-order chi connectivity index (χ1) is 8.17. The van der Waals surface area contributed by atoms with Crippen molar-refractivity contribution in [1.29, 1.82) is 0 Å². The number of Topliss-reactive ketones (excluding diaryl/α,β-unsaturated/α-hetero) is 1. The van der Waals surface area contributed by atoms with E-state index in [1.165, 1.54) is 11.5 Å². The number of ketones is 1. The predicted molar refractivity (Wildman–Crippen MR) is 71.5 cm³/mol. The lowest BCUT2D eigenvalue weighted by molar-refractivity contribution is -0.139. The van der Waals surface area contributed by atoms with E-state index in [-0.39, 0.29) is 17.6 Å². The maximum absolute atomic E-state index is 12.2. The molecule has 0 aromatic rings. The summed E-state index contributed by atoms with van der Waals surface area (Å²) in [7, 11) is 1.86. The van der Waals surface area contributed by atoms with Crippen LogP contribution in [0.4, 0.5) is 0 Å². The topological polar surface area (TPSA) is 38.3 Å². The van der Waals surface area contributed by atoms with Gasteiger partial charge < -0.3 is 10.1 Å². The standard InChI is InChI=1S/C13H23NO2S/c1-10(14-2)12(15)11-3-6-16-13(9-11)4-7-17-8-5-13/h10-11,14H,3-9H2,1-2H3. The van der Waals surface area contributed by atoms with Crippen molar-refractivity contribution in [1.82, 2.24) is 5.32 Å². The van der Waals surface area contributed by atoms with Crippen LogP contribution in [0.15, 0.2) is 0 Å². The fraction of sp³-hybridized carbons (Fsp3) is 0.923. The summed E-state index contributed by atoms with van der Waals surface area (Å²) < 4.78 is 6.01. The van der Waals surface area contributed by atoms with Crippen molar-refractivity contribution in [2.45, 2.75) is 44.2 Å². The molecule has 98 valence electrons. The van der Waals surface area contributed by atoms with Crippen LogP contribution in [0.2, 0.25) is 0 Å². The van der Waals surface area contributed by atoms with Gasteiger partial charge in [-0.25, -0.2) is 0 Å². The van der Waals surface area contributed by atoms with Crippen LogP contribution in [0.5, 0.6) is 0 Å². The Labute approximate surface area is 108 Å². The van der Waals surface area contributed by atoms with E-state index in [2.05, 4.69) is 5.32 Å². The molecule has 0 aromatic carbocycles. The molecule has 1 spiro atoms. The number of nitrogens with one attached hydrogen (secondary N) is 1. The van der Waals surface area contributed by atoms with E-state index in [9.17, 15) is 4.79 Å². The summed E-state index contributed by atoms with van der Waals surface area (Å²) in [5, 5.41) is 3.06. The van der Waals surface area contributed by atoms with Crippen molar-refractivity contribution in [3.8, 4) is 0 Å². The van der Waals surface area contributed by atoms with Gasteiger partial charge in [0.1, 0.15) is 0 Å². The zero-order valence-electron chi connectivity index (χ0n) is 10.8. The number of thioether (sulfide) groups is 1. The van der Waals surface area contributed by atoms with E-state index in [1.807, 2.05) is 25.7 Å². The van der Waals surface area contributed by atoms with Gasteiger partial charge in [0.25, 0.3) is 0 Å². The van der Waals surface area contributed by atoms with Gasteiger partial charge in [0.2, 0.25) is 0 Å². The highest BCUT2D eigenvalue weighted by atomic mass is 32.2. The molecule has 2 saturated heterocycles. The van der Waals surface area contributed by atoms with Crippen molar-refractivity contribution in [2.75, 3.05) is 25.2 Å². The van der Waals surface area contributed by atoms with Gasteiger partial charge in [-0.05, 0) is 51.2 Å². The third kappa shape index (κ3) is 3.04. The van der Waals surface area contributed by atoms with Gasteiger partial charge >= 0.3 is 0 Å². The minimum absolute atomic E-state index is 0.0203. The highest BCUT2D eigenvalue weighted by Crippen LogP contribution is 2.40. The van der Waals surface area contributed by atoms with Crippen molar-refractivity contribution >= 4 is 17.5 Å². The van der Waals surface area contributed by atoms with Crippen LogP contribution in [0.1, 0.15) is 32.6 Å². The Morgan fingerprint density at radius 2 is 2.18 bits per heavy atom. The molecule has 2 unspecified atom stereocenters. The first kappa shape index (κ1) is 13.4. The Morgan fingerprint density at radius 1 is 1.47 bits per heavy atom. The fourth-order valence-corrected chi connectivity index (χ4v) is 4.10. The van der Waals surface area contributed by atoms with E-state index in [0.29, 0.717) is 5.78 Å². The van der Waals surface area contributed by atoms with Gasteiger partial charge in [0, 0.05) is 12.5 Å². The Hall–Kier alpha value is -0.0600. The number of likely N-dealkylation sites (N-methyl/N-ethyl adjacent to an activating group) is 1. The second-order valence-electron chi connectivity index (χ2n) is 5.25. The zero-order valence-corrected chi connectivity index (χ0v) is 11.6. The van der Waals surface area contributed by atoms with E-state index >= 15 is 0 Å². The molecule has 17 heavy (non-hydrogen) atoms. The van der Waals surface area contributed by atoms with E-state index in [4.69, 9.17) is 4.74 Å². The summed E-state index contributed by atoms with van der Waals surface area (Å²) >= 11 is 2.01. The van der Waals surface area contributed by atoms with Crippen LogP contribution in [0.25, 0.3) is 0 Å². The third-order valence-corrected chi connectivity index (χ3v) is 5.14. The highest BCUT2D eigenvalue weighted by molar-refractivity contribution is 7.99. The lowest BCUT2D eigenvalue weighted by Crippen LogP contribution is -2.47. The molecule has 2 rings (SSSR count). The summed E-state index contributed by atoms with van der Waals surface area (Å²) in [5.74, 6) is 2.94. The van der Waals surface area contributed by atoms with Crippen LogP contribution in [0.3, 0.4) is 0 Å². The van der Waals surface area contributed by atoms with Crippen molar-refractivity contribution < 1.29 is 9.53 Å². The number of carbonyl (C=O) groups is 1. The quantitative estimate of drug-likeness (QED) is 0.837. The van der Waals surface area contributed by atoms with Crippen LogP contribution in [0, 0.1) is 5.92 Å². The molecule has 2 heterocycles. The van der Waals surface area contributed by atoms with Crippen LogP contribution >= 0.6 is 11.8 Å². The van der Waals surface area contributed by atoms with E-state index in [1.54, 1.807) is 0 Å².